The van der Waals surface area contributed by atoms with Crippen LogP contribution < -0.4 is 10.6 Å². The number of nitrogens with zero attached hydrogens (tertiary/aromatic N) is 1. The Hall–Kier alpha value is -1.79. The van der Waals surface area contributed by atoms with Gasteiger partial charge >= 0.3 is 0 Å². The molecule has 3 amide bonds. The maximum atomic E-state index is 13.3. The number of halogens is 2. The highest BCUT2D eigenvalue weighted by Crippen LogP contribution is 2.25. The molecule has 0 bridgehead atoms. The van der Waals surface area contributed by atoms with E-state index in [9.17, 15) is 14.4 Å². The van der Waals surface area contributed by atoms with Crippen LogP contribution in [0, 0.1) is 11.8 Å². The molecule has 1 aromatic carbocycles. The van der Waals surface area contributed by atoms with Crippen LogP contribution in [0.2, 0.25) is 10.0 Å². The van der Waals surface area contributed by atoms with Crippen molar-refractivity contribution < 1.29 is 14.4 Å². The summed E-state index contributed by atoms with van der Waals surface area (Å²) in [6.07, 6.45) is 7.46. The molecular weight excluding hydrogens is 461 g/mol. The Morgan fingerprint density at radius 2 is 1.70 bits per heavy atom. The number of amides is 3. The molecule has 1 unspecified atom stereocenters. The van der Waals surface area contributed by atoms with E-state index in [4.69, 9.17) is 23.2 Å². The van der Waals surface area contributed by atoms with Crippen LogP contribution in [-0.2, 0) is 9.59 Å². The number of piperidine rings is 1. The van der Waals surface area contributed by atoms with Crippen LogP contribution >= 0.6 is 23.2 Å². The molecule has 1 aliphatic carbocycles. The second kappa shape index (κ2) is 12.1. The Morgan fingerprint density at radius 1 is 1.03 bits per heavy atom. The van der Waals surface area contributed by atoms with Gasteiger partial charge in [-0.2, -0.15) is 0 Å². The highest BCUT2D eigenvalue weighted by Gasteiger charge is 2.31. The zero-order valence-corrected chi connectivity index (χ0v) is 21.1. The zero-order chi connectivity index (χ0) is 24.0. The number of rotatable bonds is 7. The lowest BCUT2D eigenvalue weighted by atomic mass is 9.88. The predicted octanol–water partition coefficient (Wildman–Crippen LogP) is 4.83. The van der Waals surface area contributed by atoms with Crippen LogP contribution in [-0.4, -0.2) is 47.8 Å². The lowest BCUT2D eigenvalue weighted by Gasteiger charge is -2.35. The summed E-state index contributed by atoms with van der Waals surface area (Å²) in [7, 11) is 0. The molecule has 33 heavy (non-hydrogen) atoms. The van der Waals surface area contributed by atoms with Crippen LogP contribution in [0.4, 0.5) is 0 Å². The molecule has 2 fully saturated rings. The van der Waals surface area contributed by atoms with Gasteiger partial charge in [-0.25, -0.2) is 0 Å². The standard InChI is InChI=1S/C25H35Cl2N3O3/c1-16(2)14-22(29-24(32)20-9-8-18(26)15-21(20)27)25(33)30-12-10-19(11-13-30)28-23(31)17-6-4-3-5-7-17/h8-9,15-17,19,22H,3-7,10-14H2,1-2H3,(H,28,31)(H,29,32). The van der Waals surface area contributed by atoms with Gasteiger partial charge in [0.05, 0.1) is 10.6 Å². The van der Waals surface area contributed by atoms with E-state index in [1.807, 2.05) is 13.8 Å². The summed E-state index contributed by atoms with van der Waals surface area (Å²) in [4.78, 5) is 40.5. The van der Waals surface area contributed by atoms with Gasteiger partial charge in [0.25, 0.3) is 5.91 Å². The molecule has 1 saturated heterocycles. The molecule has 0 aromatic heterocycles. The predicted molar refractivity (Wildman–Crippen MR) is 131 cm³/mol. The average Bonchev–Trinajstić information content (AvgIpc) is 2.79. The minimum atomic E-state index is -0.627. The van der Waals surface area contributed by atoms with Crippen molar-refractivity contribution in [3.05, 3.63) is 33.8 Å². The van der Waals surface area contributed by atoms with Crippen LogP contribution in [0.5, 0.6) is 0 Å². The van der Waals surface area contributed by atoms with E-state index < -0.39 is 6.04 Å². The summed E-state index contributed by atoms with van der Waals surface area (Å²) < 4.78 is 0. The number of carbonyl (C=O) groups is 3. The van der Waals surface area contributed by atoms with Gasteiger partial charge in [0.1, 0.15) is 6.04 Å². The van der Waals surface area contributed by atoms with Gasteiger partial charge in [-0.1, -0.05) is 56.3 Å². The van der Waals surface area contributed by atoms with Gasteiger partial charge in [0, 0.05) is 30.1 Å². The molecule has 1 aliphatic heterocycles. The Labute approximate surface area is 206 Å². The number of likely N-dealkylation sites (tertiary alicyclic amines) is 1. The SMILES string of the molecule is CC(C)CC(NC(=O)c1ccc(Cl)cc1Cl)C(=O)N1CCC(NC(=O)C2CCCCC2)CC1. The van der Waals surface area contributed by atoms with E-state index in [1.54, 1.807) is 17.0 Å². The van der Waals surface area contributed by atoms with Crippen LogP contribution in [0.1, 0.15) is 75.6 Å². The topological polar surface area (TPSA) is 78.5 Å². The van der Waals surface area contributed by atoms with E-state index in [2.05, 4.69) is 10.6 Å². The maximum Gasteiger partial charge on any atom is 0.253 e. The first-order chi connectivity index (χ1) is 15.7. The van der Waals surface area contributed by atoms with Gasteiger partial charge in [-0.3, -0.25) is 14.4 Å². The van der Waals surface area contributed by atoms with E-state index in [-0.39, 0.29) is 40.6 Å². The van der Waals surface area contributed by atoms with Crippen molar-refractivity contribution >= 4 is 40.9 Å². The summed E-state index contributed by atoms with van der Waals surface area (Å²) in [6, 6.07) is 4.17. The smallest absolute Gasteiger partial charge is 0.253 e. The first-order valence-corrected chi connectivity index (χ1v) is 12.8. The maximum absolute atomic E-state index is 13.3. The quantitative estimate of drug-likeness (QED) is 0.568. The van der Waals surface area contributed by atoms with Crippen molar-refractivity contribution in [1.29, 1.82) is 0 Å². The van der Waals surface area contributed by atoms with Gasteiger partial charge in [0.15, 0.2) is 0 Å². The summed E-state index contributed by atoms with van der Waals surface area (Å²) in [5.41, 5.74) is 0.298. The molecule has 1 saturated carbocycles. The molecule has 1 heterocycles. The van der Waals surface area contributed by atoms with Gasteiger partial charge in [0.2, 0.25) is 11.8 Å². The van der Waals surface area contributed by atoms with Crippen LogP contribution in [0.15, 0.2) is 18.2 Å². The molecule has 182 valence electrons. The van der Waals surface area contributed by atoms with Gasteiger partial charge in [-0.05, 0) is 56.2 Å². The minimum Gasteiger partial charge on any atom is -0.353 e. The fourth-order valence-electron chi connectivity index (χ4n) is 4.75. The Kier molecular flexibility index (Phi) is 9.45. The van der Waals surface area contributed by atoms with Crippen LogP contribution in [0.3, 0.4) is 0 Å². The molecule has 0 spiro atoms. The highest BCUT2D eigenvalue weighted by molar-refractivity contribution is 6.36. The third-order valence-electron chi connectivity index (χ3n) is 6.62. The van der Waals surface area contributed by atoms with Crippen LogP contribution in [0.25, 0.3) is 0 Å². The van der Waals surface area contributed by atoms with Gasteiger partial charge in [-0.15, -0.1) is 0 Å². The third kappa shape index (κ3) is 7.35. The average molecular weight is 496 g/mol. The molecule has 0 radical (unpaired) electrons. The third-order valence-corrected chi connectivity index (χ3v) is 7.16. The summed E-state index contributed by atoms with van der Waals surface area (Å²) in [5, 5.41) is 6.79. The van der Waals surface area contributed by atoms with Crippen molar-refractivity contribution in [3.8, 4) is 0 Å². The van der Waals surface area contributed by atoms with E-state index in [0.29, 0.717) is 30.1 Å². The lowest BCUT2D eigenvalue weighted by molar-refractivity contribution is -0.135. The first-order valence-electron chi connectivity index (χ1n) is 12.1. The molecule has 1 atom stereocenters. The first kappa shape index (κ1) is 25.8. The van der Waals surface area contributed by atoms with Crippen molar-refractivity contribution in [2.24, 2.45) is 11.8 Å². The normalized spacial score (nSPS) is 18.8. The number of carbonyl (C=O) groups excluding carboxylic acids is 3. The van der Waals surface area contributed by atoms with Gasteiger partial charge < -0.3 is 15.5 Å². The van der Waals surface area contributed by atoms with Crippen molar-refractivity contribution in [3.63, 3.8) is 0 Å². The Bertz CT molecular complexity index is 847. The fourth-order valence-corrected chi connectivity index (χ4v) is 5.25. The summed E-state index contributed by atoms with van der Waals surface area (Å²) >= 11 is 12.1. The second-order valence-electron chi connectivity index (χ2n) is 9.72. The van der Waals surface area contributed by atoms with Crippen molar-refractivity contribution in [2.75, 3.05) is 13.1 Å². The van der Waals surface area contributed by atoms with E-state index >= 15 is 0 Å². The number of benzene rings is 1. The molecule has 1 aromatic rings. The summed E-state index contributed by atoms with van der Waals surface area (Å²) in [6.45, 7) is 5.19. The van der Waals surface area contributed by atoms with Crippen molar-refractivity contribution in [1.82, 2.24) is 15.5 Å². The van der Waals surface area contributed by atoms with E-state index in [1.165, 1.54) is 12.5 Å². The minimum absolute atomic E-state index is 0.0841. The number of nitrogens with one attached hydrogen (secondary N) is 2. The monoisotopic (exact) mass is 495 g/mol. The Morgan fingerprint density at radius 3 is 2.30 bits per heavy atom. The number of hydrogen-bond donors (Lipinski definition) is 2. The largest absolute Gasteiger partial charge is 0.353 e. The molecule has 2 aliphatic rings. The van der Waals surface area contributed by atoms with E-state index in [0.717, 1.165) is 38.5 Å². The molecule has 3 rings (SSSR count). The Balaban J connectivity index is 1.56. The lowest BCUT2D eigenvalue weighted by Crippen LogP contribution is -2.53. The molecular formula is C25H35Cl2N3O3. The molecule has 2 N–H and O–H groups in total. The number of hydrogen-bond acceptors (Lipinski definition) is 3. The van der Waals surface area contributed by atoms with Crippen molar-refractivity contribution in [2.45, 2.75) is 77.3 Å². The summed E-state index contributed by atoms with van der Waals surface area (Å²) in [5.74, 6) is 0.0738. The highest BCUT2D eigenvalue weighted by atomic mass is 35.5. The zero-order valence-electron chi connectivity index (χ0n) is 19.5. The molecule has 6 nitrogen and oxygen atoms in total. The fraction of sp³-hybridized carbons (Fsp3) is 0.640. The molecule has 8 heteroatoms. The second-order valence-corrected chi connectivity index (χ2v) is 10.6.